The maximum atomic E-state index is 12.6. The van der Waals surface area contributed by atoms with Crippen LogP contribution in [0.4, 0.5) is 26.3 Å². The molecule has 2 rings (SSSR count). The largest absolute Gasteiger partial charge is 0.478 e. The molecule has 0 aliphatic rings. The van der Waals surface area contributed by atoms with Crippen molar-refractivity contribution in [3.8, 4) is 0 Å². The van der Waals surface area contributed by atoms with Crippen molar-refractivity contribution < 1.29 is 36.2 Å². The number of hydrogen-bond acceptors (Lipinski definition) is 2. The van der Waals surface area contributed by atoms with Gasteiger partial charge in [-0.25, -0.2) is 9.78 Å². The zero-order chi connectivity index (χ0) is 16.0. The molecular formula is C12H5F6NO2. The number of rotatable bonds is 1. The third-order valence-electron chi connectivity index (χ3n) is 2.66. The molecule has 2 aromatic rings. The highest BCUT2D eigenvalue weighted by atomic mass is 19.4. The molecule has 0 radical (unpaired) electrons. The summed E-state index contributed by atoms with van der Waals surface area (Å²) in [6.07, 6.45) is -9.74. The van der Waals surface area contributed by atoms with Gasteiger partial charge >= 0.3 is 18.3 Å². The Morgan fingerprint density at radius 3 is 2.10 bits per heavy atom. The van der Waals surface area contributed by atoms with Gasteiger partial charge in [-0.15, -0.1) is 0 Å². The van der Waals surface area contributed by atoms with Gasteiger partial charge in [-0.05, 0) is 18.2 Å². The second-order valence-electron chi connectivity index (χ2n) is 4.09. The summed E-state index contributed by atoms with van der Waals surface area (Å²) in [5.74, 6) is -1.69. The summed E-state index contributed by atoms with van der Waals surface area (Å²) >= 11 is 0. The first-order chi connectivity index (χ1) is 9.50. The van der Waals surface area contributed by atoms with Crippen LogP contribution in [0.1, 0.15) is 21.6 Å². The predicted octanol–water partition coefficient (Wildman–Crippen LogP) is 3.97. The second kappa shape index (κ2) is 4.61. The van der Waals surface area contributed by atoms with Gasteiger partial charge in [0.05, 0.1) is 16.6 Å². The Labute approximate surface area is 112 Å². The minimum Gasteiger partial charge on any atom is -0.478 e. The van der Waals surface area contributed by atoms with E-state index in [9.17, 15) is 31.1 Å². The van der Waals surface area contributed by atoms with Crippen molar-refractivity contribution in [1.29, 1.82) is 0 Å². The molecule has 0 bridgehead atoms. The zero-order valence-electron chi connectivity index (χ0n) is 9.88. The molecule has 3 nitrogen and oxygen atoms in total. The molecule has 0 saturated heterocycles. The Bertz CT molecular complexity index is 715. The minimum absolute atomic E-state index is 0.290. The highest BCUT2D eigenvalue weighted by Crippen LogP contribution is 2.34. The van der Waals surface area contributed by atoms with Crippen LogP contribution in [0, 0.1) is 0 Å². The number of carbonyl (C=O) groups is 1. The number of fused-ring (bicyclic) bond motifs is 1. The summed E-state index contributed by atoms with van der Waals surface area (Å²) in [5.41, 5.74) is -4.22. The average molecular weight is 309 g/mol. The van der Waals surface area contributed by atoms with E-state index in [0.717, 1.165) is 6.07 Å². The summed E-state index contributed by atoms with van der Waals surface area (Å²) in [6.45, 7) is 0. The molecular weight excluding hydrogens is 304 g/mol. The first kappa shape index (κ1) is 15.1. The van der Waals surface area contributed by atoms with Gasteiger partial charge in [-0.3, -0.25) is 0 Å². The number of carboxylic acid groups (broad SMARTS) is 1. The third-order valence-corrected chi connectivity index (χ3v) is 2.66. The van der Waals surface area contributed by atoms with E-state index in [1.807, 2.05) is 0 Å². The number of aromatic nitrogens is 1. The van der Waals surface area contributed by atoms with Crippen molar-refractivity contribution in [2.75, 3.05) is 0 Å². The molecule has 0 saturated carbocycles. The van der Waals surface area contributed by atoms with Gasteiger partial charge in [0, 0.05) is 5.39 Å². The SMILES string of the molecule is O=C(O)c1cc(C(F)(F)F)nc2cc(C(F)(F)F)ccc12. The Hall–Kier alpha value is -2.32. The molecule has 0 spiro atoms. The van der Waals surface area contributed by atoms with Gasteiger partial charge in [0.1, 0.15) is 5.69 Å². The molecule has 21 heavy (non-hydrogen) atoms. The molecule has 1 N–H and O–H groups in total. The quantitative estimate of drug-likeness (QED) is 0.811. The van der Waals surface area contributed by atoms with E-state index in [2.05, 4.69) is 4.98 Å². The number of nitrogens with zero attached hydrogens (tertiary/aromatic N) is 1. The number of alkyl halides is 6. The normalized spacial score (nSPS) is 12.7. The first-order valence-electron chi connectivity index (χ1n) is 5.32. The van der Waals surface area contributed by atoms with E-state index in [4.69, 9.17) is 5.11 Å². The van der Waals surface area contributed by atoms with Crippen LogP contribution in [-0.4, -0.2) is 16.1 Å². The molecule has 1 heterocycles. The fraction of sp³-hybridized carbons (Fsp3) is 0.167. The first-order valence-corrected chi connectivity index (χ1v) is 5.32. The maximum absolute atomic E-state index is 12.6. The molecule has 0 aliphatic heterocycles. The lowest BCUT2D eigenvalue weighted by Gasteiger charge is -2.11. The van der Waals surface area contributed by atoms with Gasteiger partial charge in [-0.2, -0.15) is 26.3 Å². The lowest BCUT2D eigenvalue weighted by Crippen LogP contribution is -2.12. The average Bonchev–Trinajstić information content (AvgIpc) is 2.34. The fourth-order valence-corrected chi connectivity index (χ4v) is 1.73. The van der Waals surface area contributed by atoms with E-state index in [1.54, 1.807) is 0 Å². The Morgan fingerprint density at radius 1 is 1.00 bits per heavy atom. The smallest absolute Gasteiger partial charge is 0.433 e. The fourth-order valence-electron chi connectivity index (χ4n) is 1.73. The van der Waals surface area contributed by atoms with Crippen molar-refractivity contribution in [2.45, 2.75) is 12.4 Å². The van der Waals surface area contributed by atoms with Crippen molar-refractivity contribution in [3.05, 3.63) is 41.1 Å². The topological polar surface area (TPSA) is 50.2 Å². The van der Waals surface area contributed by atoms with E-state index in [-0.39, 0.29) is 11.5 Å². The number of aromatic carboxylic acids is 1. The molecule has 1 aromatic carbocycles. The van der Waals surface area contributed by atoms with Gasteiger partial charge in [0.15, 0.2) is 0 Å². The molecule has 0 amide bonds. The van der Waals surface area contributed by atoms with Crippen LogP contribution in [0.15, 0.2) is 24.3 Å². The highest BCUT2D eigenvalue weighted by molar-refractivity contribution is 6.02. The van der Waals surface area contributed by atoms with Crippen LogP contribution >= 0.6 is 0 Å². The van der Waals surface area contributed by atoms with Crippen LogP contribution < -0.4 is 0 Å². The highest BCUT2D eigenvalue weighted by Gasteiger charge is 2.35. The monoisotopic (exact) mass is 309 g/mol. The third kappa shape index (κ3) is 2.91. The molecule has 0 aliphatic carbocycles. The lowest BCUT2D eigenvalue weighted by molar-refractivity contribution is -0.141. The Balaban J connectivity index is 2.81. The summed E-state index contributed by atoms with van der Waals surface area (Å²) in [4.78, 5) is 14.0. The standard InChI is InChI=1S/C12H5F6NO2/c13-11(14,15)5-1-2-6-7(10(20)21)4-9(12(16,17)18)19-8(6)3-5/h1-4H,(H,20,21). The Kier molecular flexibility index (Phi) is 3.31. The number of halogens is 6. The van der Waals surface area contributed by atoms with Crippen molar-refractivity contribution in [3.63, 3.8) is 0 Å². The zero-order valence-corrected chi connectivity index (χ0v) is 9.88. The summed E-state index contributed by atoms with van der Waals surface area (Å²) in [5, 5.41) is 8.58. The molecule has 0 unspecified atom stereocenters. The number of hydrogen-bond donors (Lipinski definition) is 1. The van der Waals surface area contributed by atoms with E-state index < -0.39 is 40.7 Å². The molecule has 112 valence electrons. The molecule has 9 heteroatoms. The van der Waals surface area contributed by atoms with Gasteiger partial charge in [0.2, 0.25) is 0 Å². The van der Waals surface area contributed by atoms with E-state index >= 15 is 0 Å². The molecule has 1 aromatic heterocycles. The van der Waals surface area contributed by atoms with Crippen LogP contribution in [0.3, 0.4) is 0 Å². The summed E-state index contributed by atoms with van der Waals surface area (Å²) in [7, 11) is 0. The minimum atomic E-state index is -4.97. The van der Waals surface area contributed by atoms with Crippen LogP contribution in [0.25, 0.3) is 10.9 Å². The molecule has 0 atom stereocenters. The number of carboxylic acids is 1. The van der Waals surface area contributed by atoms with Gasteiger partial charge in [0.25, 0.3) is 0 Å². The number of pyridine rings is 1. The lowest BCUT2D eigenvalue weighted by atomic mass is 10.0. The van der Waals surface area contributed by atoms with Gasteiger partial charge < -0.3 is 5.11 Å². The van der Waals surface area contributed by atoms with Crippen LogP contribution in [0.5, 0.6) is 0 Å². The van der Waals surface area contributed by atoms with Crippen molar-refractivity contribution in [1.82, 2.24) is 4.98 Å². The van der Waals surface area contributed by atoms with Gasteiger partial charge in [-0.1, -0.05) is 6.07 Å². The maximum Gasteiger partial charge on any atom is 0.433 e. The second-order valence-corrected chi connectivity index (χ2v) is 4.09. The molecule has 0 fully saturated rings. The van der Waals surface area contributed by atoms with E-state index in [1.165, 1.54) is 0 Å². The van der Waals surface area contributed by atoms with E-state index in [0.29, 0.717) is 12.1 Å². The van der Waals surface area contributed by atoms with Crippen molar-refractivity contribution >= 4 is 16.9 Å². The predicted molar refractivity (Wildman–Crippen MR) is 58.7 cm³/mol. The van der Waals surface area contributed by atoms with Crippen LogP contribution in [0.2, 0.25) is 0 Å². The van der Waals surface area contributed by atoms with Crippen molar-refractivity contribution in [2.24, 2.45) is 0 Å². The summed E-state index contributed by atoms with van der Waals surface area (Å²) in [6, 6.07) is 2.05. The summed E-state index contributed by atoms with van der Waals surface area (Å²) < 4.78 is 75.5. The number of benzene rings is 1. The van der Waals surface area contributed by atoms with Crippen LogP contribution in [-0.2, 0) is 12.4 Å². The Morgan fingerprint density at radius 2 is 1.62 bits per heavy atom.